The van der Waals surface area contributed by atoms with Gasteiger partial charge in [0.25, 0.3) is 5.91 Å². The molecule has 0 bridgehead atoms. The van der Waals surface area contributed by atoms with Gasteiger partial charge >= 0.3 is 0 Å². The Hall–Kier alpha value is -2.01. The highest BCUT2D eigenvalue weighted by Crippen LogP contribution is 2.29. The van der Waals surface area contributed by atoms with E-state index in [2.05, 4.69) is 33.2 Å². The van der Waals surface area contributed by atoms with Crippen molar-refractivity contribution in [1.29, 1.82) is 0 Å². The largest absolute Gasteiger partial charge is 0.351 e. The van der Waals surface area contributed by atoms with E-state index in [1.165, 1.54) is 4.90 Å². The highest BCUT2D eigenvalue weighted by atomic mass is 127. The molecule has 3 rings (SSSR count). The number of imide groups is 1. The lowest BCUT2D eigenvalue weighted by atomic mass is 10.0. The van der Waals surface area contributed by atoms with E-state index in [1.807, 2.05) is 25.1 Å². The maximum atomic E-state index is 12.7. The van der Waals surface area contributed by atoms with E-state index in [0.29, 0.717) is 25.1 Å². The number of carbonyl (C=O) groups excluding carboxylic acids is 4. The van der Waals surface area contributed by atoms with Crippen LogP contribution in [0.4, 0.5) is 0 Å². The number of piperidine rings is 1. The number of hydrogen-bond acceptors (Lipinski definition) is 5. The van der Waals surface area contributed by atoms with Crippen LogP contribution in [0.2, 0.25) is 0 Å². The van der Waals surface area contributed by atoms with Gasteiger partial charge in [0.15, 0.2) is 0 Å². The van der Waals surface area contributed by atoms with Crippen LogP contribution < -0.4 is 10.6 Å². The fraction of sp³-hybridized carbons (Fsp3) is 0.474. The number of fused-ring (bicyclic) bond motifs is 1. The first-order chi connectivity index (χ1) is 13.4. The summed E-state index contributed by atoms with van der Waals surface area (Å²) < 4.78 is 0. The number of amides is 4. The maximum absolute atomic E-state index is 12.7. The van der Waals surface area contributed by atoms with Crippen molar-refractivity contribution in [2.45, 2.75) is 32.0 Å². The van der Waals surface area contributed by atoms with Crippen molar-refractivity contribution in [3.05, 3.63) is 34.9 Å². The third-order valence-electron chi connectivity index (χ3n) is 4.61. The van der Waals surface area contributed by atoms with E-state index in [9.17, 15) is 19.2 Å². The molecule has 2 N–H and O–H groups in total. The summed E-state index contributed by atoms with van der Waals surface area (Å²) in [6, 6.07) is 4.74. The van der Waals surface area contributed by atoms with Gasteiger partial charge in [-0.3, -0.25) is 24.5 Å². The molecule has 2 aliphatic rings. The van der Waals surface area contributed by atoms with Crippen LogP contribution in [0.5, 0.6) is 0 Å². The number of alkyl halides is 1. The Balaban J connectivity index is 0.00000136. The van der Waals surface area contributed by atoms with Crippen LogP contribution in [0, 0.1) is 0 Å². The van der Waals surface area contributed by atoms with Crippen molar-refractivity contribution in [3.8, 4) is 0 Å². The van der Waals surface area contributed by atoms with E-state index in [-0.39, 0.29) is 30.7 Å². The van der Waals surface area contributed by atoms with Crippen LogP contribution >= 0.6 is 22.6 Å². The number of hydrogen-bond donors (Lipinski definition) is 2. The number of benzene rings is 1. The number of nitrogens with zero attached hydrogens (tertiary/aromatic N) is 2. The van der Waals surface area contributed by atoms with Crippen molar-refractivity contribution < 1.29 is 19.2 Å². The molecule has 1 unspecified atom stereocenters. The minimum absolute atomic E-state index is 0.0982. The van der Waals surface area contributed by atoms with E-state index in [1.54, 1.807) is 17.0 Å². The average Bonchev–Trinajstić information content (AvgIpc) is 2.98. The van der Waals surface area contributed by atoms with E-state index >= 15 is 0 Å². The molecule has 4 amide bonds. The van der Waals surface area contributed by atoms with Gasteiger partial charge in [-0.1, -0.05) is 34.7 Å². The Morgan fingerprint density at radius 1 is 1.29 bits per heavy atom. The van der Waals surface area contributed by atoms with Crippen molar-refractivity contribution in [2.75, 3.05) is 25.6 Å². The molecule has 152 valence electrons. The molecule has 0 radical (unpaired) electrons. The zero-order valence-electron chi connectivity index (χ0n) is 16.3. The molecule has 28 heavy (non-hydrogen) atoms. The Labute approximate surface area is 178 Å². The van der Waals surface area contributed by atoms with Crippen LogP contribution in [0.15, 0.2) is 18.2 Å². The minimum atomic E-state index is -0.635. The maximum Gasteiger partial charge on any atom is 0.255 e. The number of likely N-dealkylation sites (N-methyl/N-ethyl adjacent to an activating group) is 1. The molecule has 0 aromatic heterocycles. The molecule has 0 spiro atoms. The number of halogens is 1. The molecule has 9 heteroatoms. The molecule has 1 atom stereocenters. The third kappa shape index (κ3) is 5.07. The van der Waals surface area contributed by atoms with Gasteiger partial charge < -0.3 is 15.1 Å². The second-order valence-electron chi connectivity index (χ2n) is 6.86. The van der Waals surface area contributed by atoms with Gasteiger partial charge in [0, 0.05) is 25.1 Å². The highest BCUT2D eigenvalue weighted by molar-refractivity contribution is 14.1. The van der Waals surface area contributed by atoms with Crippen molar-refractivity contribution in [1.82, 2.24) is 20.4 Å². The molecule has 0 aliphatic carbocycles. The zero-order chi connectivity index (χ0) is 20.8. The highest BCUT2D eigenvalue weighted by Gasteiger charge is 2.39. The van der Waals surface area contributed by atoms with Crippen molar-refractivity contribution in [2.24, 2.45) is 0 Å². The summed E-state index contributed by atoms with van der Waals surface area (Å²) in [5.74, 6) is -1.04. The number of carbonyl (C=O) groups is 4. The first-order valence-corrected chi connectivity index (χ1v) is 11.1. The topological polar surface area (TPSA) is 98.8 Å². The molecule has 8 nitrogen and oxygen atoms in total. The molecule has 2 aliphatic heterocycles. The number of rotatable bonds is 5. The van der Waals surface area contributed by atoms with Gasteiger partial charge in [0.2, 0.25) is 17.7 Å². The summed E-state index contributed by atoms with van der Waals surface area (Å²) in [6.07, 6.45) is 0.559. The molecular weight excluding hydrogens is 475 g/mol. The van der Waals surface area contributed by atoms with Gasteiger partial charge in [-0.25, -0.2) is 0 Å². The second-order valence-corrected chi connectivity index (χ2v) is 6.86. The molecule has 1 saturated heterocycles. The Morgan fingerprint density at radius 3 is 2.64 bits per heavy atom. The molecule has 2 heterocycles. The lowest BCUT2D eigenvalue weighted by Crippen LogP contribution is -2.52. The van der Waals surface area contributed by atoms with Crippen LogP contribution in [0.3, 0.4) is 0 Å². The third-order valence-corrected chi connectivity index (χ3v) is 4.61. The van der Waals surface area contributed by atoms with Crippen molar-refractivity contribution >= 4 is 46.2 Å². The van der Waals surface area contributed by atoms with E-state index < -0.39 is 11.9 Å². The monoisotopic (exact) mass is 500 g/mol. The predicted molar refractivity (Wildman–Crippen MR) is 113 cm³/mol. The van der Waals surface area contributed by atoms with E-state index in [0.717, 1.165) is 11.1 Å². The van der Waals surface area contributed by atoms with Crippen LogP contribution in [0.25, 0.3) is 0 Å². The van der Waals surface area contributed by atoms with Gasteiger partial charge in [0.05, 0.1) is 6.54 Å². The summed E-state index contributed by atoms with van der Waals surface area (Å²) >= 11 is 2.15. The molecule has 1 aromatic rings. The smallest absolute Gasteiger partial charge is 0.255 e. The summed E-state index contributed by atoms with van der Waals surface area (Å²) in [6.45, 7) is 0.919. The van der Waals surface area contributed by atoms with Gasteiger partial charge in [-0.2, -0.15) is 0 Å². The average molecular weight is 500 g/mol. The fourth-order valence-corrected chi connectivity index (χ4v) is 3.35. The zero-order valence-corrected chi connectivity index (χ0v) is 18.4. The van der Waals surface area contributed by atoms with Gasteiger partial charge in [-0.15, -0.1) is 0 Å². The fourth-order valence-electron chi connectivity index (χ4n) is 3.35. The molecular formula is C19H25IN4O4. The van der Waals surface area contributed by atoms with Gasteiger partial charge in [-0.05, 0) is 42.6 Å². The first-order valence-electron chi connectivity index (χ1n) is 8.91. The summed E-state index contributed by atoms with van der Waals surface area (Å²) in [7, 11) is 3.63. The SMILES string of the molecule is CI.CN(C)CC(=O)NCc1cccc2c1CN(C1CCC(=O)NC1=O)C2=O. The van der Waals surface area contributed by atoms with Crippen LogP contribution in [-0.2, 0) is 27.5 Å². The Kier molecular flexibility index (Phi) is 7.93. The summed E-state index contributed by atoms with van der Waals surface area (Å²) in [4.78, 5) is 53.3. The van der Waals surface area contributed by atoms with Crippen LogP contribution in [-0.4, -0.2) is 65.0 Å². The Morgan fingerprint density at radius 2 is 2.00 bits per heavy atom. The lowest BCUT2D eigenvalue weighted by molar-refractivity contribution is -0.137. The lowest BCUT2D eigenvalue weighted by Gasteiger charge is -2.29. The molecule has 1 fully saturated rings. The Bertz CT molecular complexity index is 781. The van der Waals surface area contributed by atoms with Crippen molar-refractivity contribution in [3.63, 3.8) is 0 Å². The summed E-state index contributed by atoms with van der Waals surface area (Å²) in [5, 5.41) is 5.14. The predicted octanol–water partition coefficient (Wildman–Crippen LogP) is 0.677. The molecule has 1 aromatic carbocycles. The first kappa shape index (κ1) is 22.3. The van der Waals surface area contributed by atoms with E-state index in [4.69, 9.17) is 0 Å². The van der Waals surface area contributed by atoms with Gasteiger partial charge in [0.1, 0.15) is 6.04 Å². The quantitative estimate of drug-likeness (QED) is 0.352. The van der Waals surface area contributed by atoms with Crippen LogP contribution in [0.1, 0.15) is 34.3 Å². The summed E-state index contributed by atoms with van der Waals surface area (Å²) in [5.41, 5.74) is 2.24. The molecule has 0 saturated carbocycles. The standard InChI is InChI=1S/C18H22N4O4.CH3I/c1-21(2)10-16(24)19-8-11-4-3-5-12-13(11)9-22(18(12)26)14-6-7-15(23)20-17(14)25;1-2/h3-5,14H,6-10H2,1-2H3,(H,19,24)(H,20,23,25);1H3. The second kappa shape index (κ2) is 9.97. The minimum Gasteiger partial charge on any atom is -0.351 e. The number of nitrogens with one attached hydrogen (secondary N) is 2. The normalized spacial score (nSPS) is 18.4.